The van der Waals surface area contributed by atoms with E-state index in [1.54, 1.807) is 25.1 Å². The first-order valence-electron chi connectivity index (χ1n) is 4.51. The van der Waals surface area contributed by atoms with Crippen LogP contribution in [0.1, 0.15) is 22.8 Å². The van der Waals surface area contributed by atoms with Gasteiger partial charge < -0.3 is 5.32 Å². The number of aryl methyl sites for hydroxylation is 1. The van der Waals surface area contributed by atoms with Crippen molar-refractivity contribution < 1.29 is 4.79 Å². The summed E-state index contributed by atoms with van der Waals surface area (Å²) in [5.41, 5.74) is 1.38. The van der Waals surface area contributed by atoms with E-state index in [-0.39, 0.29) is 5.91 Å². The van der Waals surface area contributed by atoms with E-state index in [0.29, 0.717) is 10.6 Å². The lowest BCUT2D eigenvalue weighted by Gasteiger charge is -2.08. The van der Waals surface area contributed by atoms with E-state index < -0.39 is 6.04 Å². The highest BCUT2D eigenvalue weighted by Crippen LogP contribution is 2.17. The molecule has 0 aromatic heterocycles. The van der Waals surface area contributed by atoms with Gasteiger partial charge in [-0.15, -0.1) is 0 Å². The molecule has 0 spiro atoms. The first kappa shape index (κ1) is 11.5. The number of amides is 1. The van der Waals surface area contributed by atoms with E-state index in [1.807, 2.05) is 13.0 Å². The van der Waals surface area contributed by atoms with Gasteiger partial charge in [0.05, 0.1) is 16.7 Å². The van der Waals surface area contributed by atoms with Crippen molar-refractivity contribution >= 4 is 17.5 Å². The summed E-state index contributed by atoms with van der Waals surface area (Å²) in [7, 11) is 0. The molecule has 0 fully saturated rings. The van der Waals surface area contributed by atoms with Crippen LogP contribution in [0, 0.1) is 18.3 Å². The number of benzene rings is 1. The molecule has 0 heterocycles. The van der Waals surface area contributed by atoms with E-state index in [9.17, 15) is 4.79 Å². The van der Waals surface area contributed by atoms with Gasteiger partial charge in [0.25, 0.3) is 5.91 Å². The number of hydrogen-bond acceptors (Lipinski definition) is 2. The van der Waals surface area contributed by atoms with E-state index in [2.05, 4.69) is 5.32 Å². The third kappa shape index (κ3) is 2.97. The maximum Gasteiger partial charge on any atom is 0.253 e. The largest absolute Gasteiger partial charge is 0.336 e. The van der Waals surface area contributed by atoms with Crippen LogP contribution in [-0.2, 0) is 0 Å². The van der Waals surface area contributed by atoms with Crippen LogP contribution < -0.4 is 5.32 Å². The Labute approximate surface area is 93.7 Å². The van der Waals surface area contributed by atoms with Crippen molar-refractivity contribution in [3.8, 4) is 6.07 Å². The molecule has 0 radical (unpaired) electrons. The highest BCUT2D eigenvalue weighted by molar-refractivity contribution is 6.33. The van der Waals surface area contributed by atoms with E-state index in [4.69, 9.17) is 16.9 Å². The predicted octanol–water partition coefficient (Wildman–Crippen LogP) is 2.29. The van der Waals surface area contributed by atoms with E-state index in [1.165, 1.54) is 0 Å². The first-order valence-corrected chi connectivity index (χ1v) is 4.89. The number of hydrogen-bond donors (Lipinski definition) is 1. The molecule has 3 nitrogen and oxygen atoms in total. The molecule has 0 aliphatic heterocycles. The minimum absolute atomic E-state index is 0.325. The Morgan fingerprint density at radius 2 is 2.27 bits per heavy atom. The van der Waals surface area contributed by atoms with Gasteiger partial charge in [-0.3, -0.25) is 4.79 Å². The molecule has 0 bridgehead atoms. The lowest BCUT2D eigenvalue weighted by Crippen LogP contribution is -2.31. The van der Waals surface area contributed by atoms with E-state index >= 15 is 0 Å². The number of nitrogens with one attached hydrogen (secondary N) is 1. The Bertz CT molecular complexity index is 423. The van der Waals surface area contributed by atoms with Crippen molar-refractivity contribution in [2.45, 2.75) is 19.9 Å². The standard InChI is InChI=1S/C11H11ClN2O/c1-7-3-4-9(10(12)5-7)11(15)14-8(2)6-13/h3-5,8H,1-2H3,(H,14,15). The molecule has 0 saturated heterocycles. The number of halogens is 1. The van der Waals surface area contributed by atoms with Crippen molar-refractivity contribution in [1.82, 2.24) is 5.32 Å². The van der Waals surface area contributed by atoms with Gasteiger partial charge in [0.2, 0.25) is 0 Å². The summed E-state index contributed by atoms with van der Waals surface area (Å²) < 4.78 is 0. The van der Waals surface area contributed by atoms with Gasteiger partial charge in [-0.05, 0) is 31.5 Å². The zero-order valence-corrected chi connectivity index (χ0v) is 9.30. The summed E-state index contributed by atoms with van der Waals surface area (Å²) in [5, 5.41) is 11.5. The molecule has 1 rings (SSSR count). The molecule has 1 aromatic rings. The highest BCUT2D eigenvalue weighted by Gasteiger charge is 2.12. The Morgan fingerprint density at radius 1 is 1.60 bits per heavy atom. The summed E-state index contributed by atoms with van der Waals surface area (Å²) in [4.78, 5) is 11.6. The van der Waals surface area contributed by atoms with Crippen LogP contribution in [0.4, 0.5) is 0 Å². The fourth-order valence-electron chi connectivity index (χ4n) is 1.11. The van der Waals surface area contributed by atoms with Crippen LogP contribution in [0.5, 0.6) is 0 Å². The van der Waals surface area contributed by atoms with Crippen molar-refractivity contribution in [3.63, 3.8) is 0 Å². The van der Waals surface area contributed by atoms with Gasteiger partial charge >= 0.3 is 0 Å². The highest BCUT2D eigenvalue weighted by atomic mass is 35.5. The van der Waals surface area contributed by atoms with Crippen molar-refractivity contribution in [2.75, 3.05) is 0 Å². The number of rotatable bonds is 2. The average Bonchev–Trinajstić information content (AvgIpc) is 2.17. The van der Waals surface area contributed by atoms with Crippen LogP contribution in [0.15, 0.2) is 18.2 Å². The van der Waals surface area contributed by atoms with Gasteiger partial charge in [-0.2, -0.15) is 5.26 Å². The van der Waals surface area contributed by atoms with Crippen LogP contribution in [0.25, 0.3) is 0 Å². The molecule has 0 aliphatic carbocycles. The normalized spacial score (nSPS) is 11.6. The van der Waals surface area contributed by atoms with E-state index in [0.717, 1.165) is 5.56 Å². The molecule has 15 heavy (non-hydrogen) atoms. The van der Waals surface area contributed by atoms with Crippen molar-refractivity contribution in [1.29, 1.82) is 5.26 Å². The van der Waals surface area contributed by atoms with Gasteiger partial charge in [0, 0.05) is 0 Å². The lowest BCUT2D eigenvalue weighted by atomic mass is 10.1. The third-order valence-electron chi connectivity index (χ3n) is 1.91. The summed E-state index contributed by atoms with van der Waals surface area (Å²) in [6.07, 6.45) is 0. The lowest BCUT2D eigenvalue weighted by molar-refractivity contribution is 0.0948. The average molecular weight is 223 g/mol. The fourth-order valence-corrected chi connectivity index (χ4v) is 1.43. The molecule has 1 N–H and O–H groups in total. The third-order valence-corrected chi connectivity index (χ3v) is 2.22. The second-order valence-electron chi connectivity index (χ2n) is 3.31. The number of carbonyl (C=O) groups excluding carboxylic acids is 1. The van der Waals surface area contributed by atoms with Gasteiger partial charge in [0.1, 0.15) is 6.04 Å². The Kier molecular flexibility index (Phi) is 3.70. The molecular weight excluding hydrogens is 212 g/mol. The molecule has 0 aliphatic rings. The first-order chi connectivity index (χ1) is 7.04. The SMILES string of the molecule is Cc1ccc(C(=O)NC(C)C#N)c(Cl)c1. The summed E-state index contributed by atoms with van der Waals surface area (Å²) >= 11 is 5.91. The maximum absolute atomic E-state index is 11.6. The zero-order chi connectivity index (χ0) is 11.4. The fraction of sp³-hybridized carbons (Fsp3) is 0.273. The minimum atomic E-state index is -0.519. The molecule has 1 aromatic carbocycles. The molecule has 0 saturated carbocycles. The summed E-state index contributed by atoms with van der Waals surface area (Å²) in [5.74, 6) is -0.325. The summed E-state index contributed by atoms with van der Waals surface area (Å²) in [6.45, 7) is 3.51. The van der Waals surface area contributed by atoms with Crippen molar-refractivity contribution in [2.24, 2.45) is 0 Å². The minimum Gasteiger partial charge on any atom is -0.336 e. The van der Waals surface area contributed by atoms with Crippen LogP contribution >= 0.6 is 11.6 Å². The number of carbonyl (C=O) groups is 1. The molecular formula is C11H11ClN2O. The van der Waals surface area contributed by atoms with Crippen LogP contribution in [-0.4, -0.2) is 11.9 Å². The molecule has 1 atom stereocenters. The summed E-state index contributed by atoms with van der Waals surface area (Å²) in [6, 6.07) is 6.57. The quantitative estimate of drug-likeness (QED) is 0.835. The van der Waals surface area contributed by atoms with Crippen LogP contribution in [0.3, 0.4) is 0 Å². The van der Waals surface area contributed by atoms with Gasteiger partial charge in [-0.1, -0.05) is 17.7 Å². The van der Waals surface area contributed by atoms with Gasteiger partial charge in [0.15, 0.2) is 0 Å². The smallest absolute Gasteiger partial charge is 0.253 e. The monoisotopic (exact) mass is 222 g/mol. The predicted molar refractivity (Wildman–Crippen MR) is 58.7 cm³/mol. The topological polar surface area (TPSA) is 52.9 Å². The molecule has 1 unspecified atom stereocenters. The Morgan fingerprint density at radius 3 is 2.80 bits per heavy atom. The Balaban J connectivity index is 2.88. The second-order valence-corrected chi connectivity index (χ2v) is 3.71. The van der Waals surface area contributed by atoms with Gasteiger partial charge in [-0.25, -0.2) is 0 Å². The second kappa shape index (κ2) is 4.81. The molecule has 78 valence electrons. The number of nitriles is 1. The molecule has 4 heteroatoms. The maximum atomic E-state index is 11.6. The van der Waals surface area contributed by atoms with Crippen molar-refractivity contribution in [3.05, 3.63) is 34.3 Å². The van der Waals surface area contributed by atoms with Crippen LogP contribution in [0.2, 0.25) is 5.02 Å². The Hall–Kier alpha value is -1.53. The number of nitrogens with zero attached hydrogens (tertiary/aromatic N) is 1. The zero-order valence-electron chi connectivity index (χ0n) is 8.54. The molecule has 1 amide bonds.